The van der Waals surface area contributed by atoms with Crippen LogP contribution in [0.5, 0.6) is 0 Å². The van der Waals surface area contributed by atoms with E-state index in [4.69, 9.17) is 4.42 Å². The van der Waals surface area contributed by atoms with Crippen LogP contribution < -0.4 is 5.43 Å². The fourth-order valence-corrected chi connectivity index (χ4v) is 2.92. The lowest BCUT2D eigenvalue weighted by Gasteiger charge is -2.08. The van der Waals surface area contributed by atoms with Gasteiger partial charge in [0.15, 0.2) is 0 Å². The molecule has 3 heterocycles. The second kappa shape index (κ2) is 8.31. The first-order valence-corrected chi connectivity index (χ1v) is 9.06. The van der Waals surface area contributed by atoms with Crippen LogP contribution in [0.2, 0.25) is 0 Å². The van der Waals surface area contributed by atoms with Crippen molar-refractivity contribution in [3.63, 3.8) is 0 Å². The smallest absolute Gasteiger partial charge is 0.272 e. The summed E-state index contributed by atoms with van der Waals surface area (Å²) in [5.41, 5.74) is 6.28. The monoisotopic (exact) mass is 382 g/mol. The predicted molar refractivity (Wildman–Crippen MR) is 113 cm³/mol. The number of pyridine rings is 2. The molecule has 0 spiro atoms. The number of carbonyl (C=O) groups is 1. The molecule has 142 valence electrons. The number of nitrogens with zero attached hydrogens (tertiary/aromatic N) is 3. The summed E-state index contributed by atoms with van der Waals surface area (Å²) in [7, 11) is 0. The van der Waals surface area contributed by atoms with Gasteiger partial charge in [0.1, 0.15) is 5.76 Å². The highest BCUT2D eigenvalue weighted by Crippen LogP contribution is 2.24. The van der Waals surface area contributed by atoms with Crippen LogP contribution in [0.25, 0.3) is 28.2 Å². The van der Waals surface area contributed by atoms with Crippen LogP contribution in [0.4, 0.5) is 0 Å². The van der Waals surface area contributed by atoms with E-state index in [1.165, 1.54) is 0 Å². The van der Waals surface area contributed by atoms with Crippen molar-refractivity contribution < 1.29 is 9.21 Å². The maximum absolute atomic E-state index is 12.8. The molecule has 0 saturated carbocycles. The number of rotatable bonds is 5. The van der Waals surface area contributed by atoms with E-state index in [2.05, 4.69) is 20.5 Å². The van der Waals surface area contributed by atoms with Crippen molar-refractivity contribution in [2.75, 3.05) is 0 Å². The van der Waals surface area contributed by atoms with E-state index < -0.39 is 0 Å². The summed E-state index contributed by atoms with van der Waals surface area (Å²) in [6, 6.07) is 16.7. The minimum Gasteiger partial charge on any atom is -0.465 e. The Bertz CT molecular complexity index is 1200. The number of hydrazone groups is 1. The highest BCUT2D eigenvalue weighted by molar-refractivity contribution is 6.07. The Balaban J connectivity index is 1.62. The van der Waals surface area contributed by atoms with Gasteiger partial charge in [-0.3, -0.25) is 9.78 Å². The summed E-state index contributed by atoms with van der Waals surface area (Å²) in [6.45, 7) is 1.88. The number of nitrogens with one attached hydrogen (secondary N) is 1. The predicted octanol–water partition coefficient (Wildman–Crippen LogP) is 4.71. The standard InChI is InChI=1S/C23H18N4O2/c1-16(13-18-5-4-12-29-18)15-25-27-23(28)20-14-22(17-8-10-24-11-9-17)26-21-7-3-2-6-19(20)21/h2-15H,1H3,(H,27,28)/b16-13-,25-15?. The van der Waals surface area contributed by atoms with Crippen LogP contribution in [-0.2, 0) is 0 Å². The normalized spacial score (nSPS) is 11.8. The summed E-state index contributed by atoms with van der Waals surface area (Å²) in [5, 5.41) is 4.84. The fourth-order valence-electron chi connectivity index (χ4n) is 2.92. The second-order valence-electron chi connectivity index (χ2n) is 6.41. The Kier molecular flexibility index (Phi) is 5.25. The van der Waals surface area contributed by atoms with Gasteiger partial charge < -0.3 is 4.42 Å². The molecule has 0 radical (unpaired) electrons. The van der Waals surface area contributed by atoms with Crippen LogP contribution in [-0.4, -0.2) is 22.1 Å². The molecule has 1 amide bonds. The fraction of sp³-hybridized carbons (Fsp3) is 0.0435. The van der Waals surface area contributed by atoms with Gasteiger partial charge in [0.2, 0.25) is 0 Å². The zero-order chi connectivity index (χ0) is 20.1. The molecule has 0 unspecified atom stereocenters. The van der Waals surface area contributed by atoms with Crippen LogP contribution >= 0.6 is 0 Å². The number of benzene rings is 1. The average molecular weight is 382 g/mol. The van der Waals surface area contributed by atoms with Crippen molar-refractivity contribution in [2.24, 2.45) is 5.10 Å². The quantitative estimate of drug-likeness (QED) is 0.400. The third kappa shape index (κ3) is 4.27. The van der Waals surface area contributed by atoms with Crippen LogP contribution in [0.1, 0.15) is 23.0 Å². The Labute approximate surface area is 167 Å². The van der Waals surface area contributed by atoms with Gasteiger partial charge in [-0.05, 0) is 55.0 Å². The topological polar surface area (TPSA) is 80.4 Å². The van der Waals surface area contributed by atoms with E-state index in [0.717, 1.165) is 27.8 Å². The van der Waals surface area contributed by atoms with E-state index in [1.807, 2.05) is 61.5 Å². The van der Waals surface area contributed by atoms with Gasteiger partial charge in [0, 0.05) is 23.3 Å². The number of fused-ring (bicyclic) bond motifs is 1. The molecule has 1 N–H and O–H groups in total. The number of aromatic nitrogens is 2. The molecule has 4 rings (SSSR count). The highest BCUT2D eigenvalue weighted by atomic mass is 16.3. The molecular weight excluding hydrogens is 364 g/mol. The van der Waals surface area contributed by atoms with Crippen molar-refractivity contribution in [3.05, 3.63) is 90.2 Å². The molecular formula is C23H18N4O2. The number of carbonyl (C=O) groups excluding carboxylic acids is 1. The molecule has 4 aromatic rings. The van der Waals surface area contributed by atoms with Gasteiger partial charge in [-0.25, -0.2) is 10.4 Å². The van der Waals surface area contributed by atoms with Crippen LogP contribution in [0, 0.1) is 0 Å². The lowest BCUT2D eigenvalue weighted by molar-refractivity contribution is 0.0956. The molecule has 1 aromatic carbocycles. The highest BCUT2D eigenvalue weighted by Gasteiger charge is 2.13. The van der Waals surface area contributed by atoms with Gasteiger partial charge in [-0.1, -0.05) is 18.2 Å². The summed E-state index contributed by atoms with van der Waals surface area (Å²) in [5.74, 6) is 0.420. The van der Waals surface area contributed by atoms with Crippen LogP contribution in [0.3, 0.4) is 0 Å². The number of hydrogen-bond acceptors (Lipinski definition) is 5. The number of amides is 1. The molecule has 0 aliphatic rings. The van der Waals surface area contributed by atoms with Crippen molar-refractivity contribution in [2.45, 2.75) is 6.92 Å². The zero-order valence-corrected chi connectivity index (χ0v) is 15.7. The third-order valence-corrected chi connectivity index (χ3v) is 4.28. The first-order chi connectivity index (χ1) is 14.2. The van der Waals surface area contributed by atoms with Gasteiger partial charge in [-0.2, -0.15) is 5.10 Å². The Morgan fingerprint density at radius 1 is 1.10 bits per heavy atom. The van der Waals surface area contributed by atoms with Crippen molar-refractivity contribution in [3.8, 4) is 11.3 Å². The molecule has 0 aliphatic heterocycles. The molecule has 0 bridgehead atoms. The average Bonchev–Trinajstić information content (AvgIpc) is 3.26. The van der Waals surface area contributed by atoms with Crippen molar-refractivity contribution >= 4 is 29.1 Å². The molecule has 6 nitrogen and oxygen atoms in total. The molecule has 6 heteroatoms. The minimum atomic E-state index is -0.305. The summed E-state index contributed by atoms with van der Waals surface area (Å²) < 4.78 is 5.27. The van der Waals surface area contributed by atoms with Gasteiger partial charge in [0.05, 0.1) is 29.3 Å². The van der Waals surface area contributed by atoms with E-state index in [0.29, 0.717) is 11.3 Å². The van der Waals surface area contributed by atoms with E-state index >= 15 is 0 Å². The molecule has 0 saturated heterocycles. The maximum Gasteiger partial charge on any atom is 0.272 e. The van der Waals surface area contributed by atoms with Crippen molar-refractivity contribution in [1.29, 1.82) is 0 Å². The van der Waals surface area contributed by atoms with Crippen LogP contribution in [0.15, 0.2) is 88.3 Å². The van der Waals surface area contributed by atoms with E-state index in [9.17, 15) is 4.79 Å². The largest absolute Gasteiger partial charge is 0.465 e. The second-order valence-corrected chi connectivity index (χ2v) is 6.41. The van der Waals surface area contributed by atoms with Crippen molar-refractivity contribution in [1.82, 2.24) is 15.4 Å². The molecule has 3 aromatic heterocycles. The number of furan rings is 1. The first-order valence-electron chi connectivity index (χ1n) is 9.06. The summed E-state index contributed by atoms with van der Waals surface area (Å²) >= 11 is 0. The molecule has 0 fully saturated rings. The molecule has 0 aliphatic carbocycles. The van der Waals surface area contributed by atoms with Gasteiger partial charge >= 0.3 is 0 Å². The Hall–Kier alpha value is -4.06. The summed E-state index contributed by atoms with van der Waals surface area (Å²) in [6.07, 6.45) is 8.41. The van der Waals surface area contributed by atoms with Gasteiger partial charge in [-0.15, -0.1) is 0 Å². The van der Waals surface area contributed by atoms with Gasteiger partial charge in [0.25, 0.3) is 5.91 Å². The molecule has 29 heavy (non-hydrogen) atoms. The third-order valence-electron chi connectivity index (χ3n) is 4.28. The first kappa shape index (κ1) is 18.3. The Morgan fingerprint density at radius 2 is 1.93 bits per heavy atom. The lowest BCUT2D eigenvalue weighted by Crippen LogP contribution is -2.18. The number of allylic oxidation sites excluding steroid dienone is 1. The lowest BCUT2D eigenvalue weighted by atomic mass is 10.0. The minimum absolute atomic E-state index is 0.305. The maximum atomic E-state index is 12.8. The zero-order valence-electron chi connectivity index (χ0n) is 15.7. The Morgan fingerprint density at radius 3 is 2.72 bits per heavy atom. The molecule has 0 atom stereocenters. The summed E-state index contributed by atoms with van der Waals surface area (Å²) in [4.78, 5) is 21.5. The SMILES string of the molecule is C/C(C=NNC(=O)c1cc(-c2ccncc2)nc2ccccc12)=C/c1ccco1. The van der Waals surface area contributed by atoms with E-state index in [-0.39, 0.29) is 5.91 Å². The van der Waals surface area contributed by atoms with E-state index in [1.54, 1.807) is 30.9 Å². The number of para-hydroxylation sites is 1. The number of hydrogen-bond donors (Lipinski definition) is 1.